The van der Waals surface area contributed by atoms with Gasteiger partial charge in [-0.25, -0.2) is 4.79 Å². The molecule has 3 rings (SSSR count). The van der Waals surface area contributed by atoms with Gasteiger partial charge in [-0.3, -0.25) is 14.5 Å². The third kappa shape index (κ3) is 3.15. The Balaban J connectivity index is 1.62. The maximum Gasteiger partial charge on any atom is 0.319 e. The molecule has 1 fully saturated rings. The average Bonchev–Trinajstić information content (AvgIpc) is 3.08. The molecule has 0 unspecified atom stereocenters. The highest BCUT2D eigenvalue weighted by molar-refractivity contribution is 6.02. The molecule has 1 aliphatic heterocycles. The summed E-state index contributed by atoms with van der Waals surface area (Å²) in [5.74, 6) is -0.125. The molecule has 0 aromatic carbocycles. The van der Waals surface area contributed by atoms with Gasteiger partial charge in [0.1, 0.15) is 6.04 Å². The van der Waals surface area contributed by atoms with Crippen LogP contribution in [0, 0.1) is 6.92 Å². The fraction of sp³-hybridized carbons (Fsp3) is 0.333. The van der Waals surface area contributed by atoms with E-state index in [1.807, 2.05) is 6.92 Å². The minimum atomic E-state index is -0.530. The third-order valence-electron chi connectivity index (χ3n) is 3.78. The highest BCUT2D eigenvalue weighted by Gasteiger charge is 2.34. The summed E-state index contributed by atoms with van der Waals surface area (Å²) in [7, 11) is 1.80. The van der Waals surface area contributed by atoms with E-state index in [1.165, 1.54) is 0 Å². The maximum atomic E-state index is 12.4. The first-order valence-corrected chi connectivity index (χ1v) is 7.33. The summed E-state index contributed by atoms with van der Waals surface area (Å²) in [4.78, 5) is 30.1. The van der Waals surface area contributed by atoms with E-state index in [4.69, 9.17) is 0 Å². The van der Waals surface area contributed by atoms with Gasteiger partial charge in [0.15, 0.2) is 0 Å². The van der Waals surface area contributed by atoms with Gasteiger partial charge in [-0.2, -0.15) is 5.10 Å². The summed E-state index contributed by atoms with van der Waals surface area (Å²) in [6.45, 7) is 2.41. The predicted octanol–water partition coefficient (Wildman–Crippen LogP) is 1.05. The molecule has 3 amide bonds. The highest BCUT2D eigenvalue weighted by Crippen LogP contribution is 2.20. The number of pyridine rings is 1. The standard InChI is InChI=1S/C15H18N6O2/c1-10-7-16-5-3-12(10)18-15(23)19-13-4-6-21(14(13)22)11-8-17-20(2)9-11/h3,5,7-9,13H,4,6H2,1-2H3,(H2,16,18,19,23)/t13-/m0/s1. The van der Waals surface area contributed by atoms with Gasteiger partial charge in [-0.1, -0.05) is 0 Å². The van der Waals surface area contributed by atoms with Crippen molar-refractivity contribution < 1.29 is 9.59 Å². The van der Waals surface area contributed by atoms with Crippen molar-refractivity contribution >= 4 is 23.3 Å². The Morgan fingerprint density at radius 1 is 1.39 bits per heavy atom. The van der Waals surface area contributed by atoms with Crippen LogP contribution in [-0.4, -0.2) is 39.3 Å². The number of urea groups is 1. The Hall–Kier alpha value is -2.90. The number of aryl methyl sites for hydroxylation is 2. The van der Waals surface area contributed by atoms with Gasteiger partial charge >= 0.3 is 6.03 Å². The summed E-state index contributed by atoms with van der Waals surface area (Å²) in [5, 5.41) is 9.53. The minimum Gasteiger partial charge on any atom is -0.326 e. The monoisotopic (exact) mass is 314 g/mol. The lowest BCUT2D eigenvalue weighted by Gasteiger charge is -2.16. The van der Waals surface area contributed by atoms with Crippen LogP contribution in [0.5, 0.6) is 0 Å². The van der Waals surface area contributed by atoms with Gasteiger partial charge in [0.2, 0.25) is 5.91 Å². The maximum absolute atomic E-state index is 12.4. The topological polar surface area (TPSA) is 92.2 Å². The van der Waals surface area contributed by atoms with Crippen molar-refractivity contribution in [3.05, 3.63) is 36.4 Å². The number of nitrogens with zero attached hydrogens (tertiary/aromatic N) is 4. The first-order valence-electron chi connectivity index (χ1n) is 7.33. The van der Waals surface area contributed by atoms with Crippen molar-refractivity contribution in [2.45, 2.75) is 19.4 Å². The molecule has 23 heavy (non-hydrogen) atoms. The van der Waals surface area contributed by atoms with Crippen LogP contribution in [-0.2, 0) is 11.8 Å². The van der Waals surface area contributed by atoms with E-state index >= 15 is 0 Å². The van der Waals surface area contributed by atoms with E-state index in [2.05, 4.69) is 20.7 Å². The summed E-state index contributed by atoms with van der Waals surface area (Å²) in [5.41, 5.74) is 2.27. The predicted molar refractivity (Wildman–Crippen MR) is 85.1 cm³/mol. The molecule has 2 aromatic rings. The van der Waals surface area contributed by atoms with E-state index in [0.29, 0.717) is 18.7 Å². The van der Waals surface area contributed by atoms with Crippen molar-refractivity contribution in [3.63, 3.8) is 0 Å². The number of hydrogen-bond donors (Lipinski definition) is 2. The Bertz CT molecular complexity index is 741. The van der Waals surface area contributed by atoms with Crippen molar-refractivity contribution in [1.29, 1.82) is 0 Å². The molecule has 2 aromatic heterocycles. The molecule has 1 atom stereocenters. The third-order valence-corrected chi connectivity index (χ3v) is 3.78. The smallest absolute Gasteiger partial charge is 0.319 e. The van der Waals surface area contributed by atoms with Crippen LogP contribution in [0.15, 0.2) is 30.9 Å². The number of carbonyl (C=O) groups excluding carboxylic acids is 2. The lowest BCUT2D eigenvalue weighted by atomic mass is 10.2. The number of hydrogen-bond acceptors (Lipinski definition) is 4. The SMILES string of the molecule is Cc1cnccc1NC(=O)N[C@H]1CCN(c2cnn(C)c2)C1=O. The van der Waals surface area contributed by atoms with E-state index < -0.39 is 12.1 Å². The largest absolute Gasteiger partial charge is 0.326 e. The van der Waals surface area contributed by atoms with E-state index in [-0.39, 0.29) is 5.91 Å². The number of amides is 3. The zero-order chi connectivity index (χ0) is 16.4. The van der Waals surface area contributed by atoms with Crippen LogP contribution in [0.4, 0.5) is 16.2 Å². The second-order valence-electron chi connectivity index (χ2n) is 5.49. The molecule has 3 heterocycles. The second kappa shape index (κ2) is 6.07. The summed E-state index contributed by atoms with van der Waals surface area (Å²) in [6, 6.07) is 0.788. The van der Waals surface area contributed by atoms with Gasteiger partial charge in [0.25, 0.3) is 0 Å². The normalized spacial score (nSPS) is 17.4. The van der Waals surface area contributed by atoms with Gasteiger partial charge in [-0.05, 0) is 25.0 Å². The fourth-order valence-electron chi connectivity index (χ4n) is 2.55. The van der Waals surface area contributed by atoms with Crippen LogP contribution >= 0.6 is 0 Å². The van der Waals surface area contributed by atoms with Gasteiger partial charge in [0, 0.05) is 37.9 Å². The van der Waals surface area contributed by atoms with Crippen LogP contribution in [0.3, 0.4) is 0 Å². The lowest BCUT2D eigenvalue weighted by Crippen LogP contribution is -2.43. The fourth-order valence-corrected chi connectivity index (χ4v) is 2.55. The highest BCUT2D eigenvalue weighted by atomic mass is 16.2. The van der Waals surface area contributed by atoms with Crippen molar-refractivity contribution in [1.82, 2.24) is 20.1 Å². The number of rotatable bonds is 3. The molecule has 0 saturated carbocycles. The first kappa shape index (κ1) is 15.0. The van der Waals surface area contributed by atoms with Crippen LogP contribution in [0.2, 0.25) is 0 Å². The summed E-state index contributed by atoms with van der Waals surface area (Å²) in [6.07, 6.45) is 7.26. The van der Waals surface area contributed by atoms with Crippen LogP contribution in [0.25, 0.3) is 0 Å². The molecule has 120 valence electrons. The van der Waals surface area contributed by atoms with Gasteiger partial charge in [-0.15, -0.1) is 0 Å². The summed E-state index contributed by atoms with van der Waals surface area (Å²) >= 11 is 0. The molecular formula is C15H18N6O2. The Morgan fingerprint density at radius 2 is 2.22 bits per heavy atom. The van der Waals surface area contributed by atoms with Gasteiger partial charge in [0.05, 0.1) is 11.9 Å². The number of carbonyl (C=O) groups is 2. The molecule has 2 N–H and O–H groups in total. The minimum absolute atomic E-state index is 0.125. The van der Waals surface area contributed by atoms with Crippen molar-refractivity contribution in [2.24, 2.45) is 7.05 Å². The van der Waals surface area contributed by atoms with Crippen molar-refractivity contribution in [3.8, 4) is 0 Å². The molecule has 8 nitrogen and oxygen atoms in total. The number of anilines is 2. The molecule has 1 aliphatic rings. The van der Waals surface area contributed by atoms with Gasteiger partial charge < -0.3 is 15.5 Å². The quantitative estimate of drug-likeness (QED) is 0.886. The number of nitrogens with one attached hydrogen (secondary N) is 2. The Labute approximate surface area is 133 Å². The Morgan fingerprint density at radius 3 is 2.91 bits per heavy atom. The molecule has 0 aliphatic carbocycles. The van der Waals surface area contributed by atoms with Crippen LogP contribution < -0.4 is 15.5 Å². The van der Waals surface area contributed by atoms with E-state index in [9.17, 15) is 9.59 Å². The molecule has 8 heteroatoms. The molecular weight excluding hydrogens is 296 g/mol. The Kier molecular flexibility index (Phi) is 3.96. The molecule has 0 bridgehead atoms. The lowest BCUT2D eigenvalue weighted by molar-refractivity contribution is -0.118. The zero-order valence-corrected chi connectivity index (χ0v) is 13.0. The average molecular weight is 314 g/mol. The van der Waals surface area contributed by atoms with Crippen LogP contribution in [0.1, 0.15) is 12.0 Å². The molecule has 0 spiro atoms. The zero-order valence-electron chi connectivity index (χ0n) is 13.0. The van der Waals surface area contributed by atoms with E-state index in [0.717, 1.165) is 11.3 Å². The number of aromatic nitrogens is 3. The second-order valence-corrected chi connectivity index (χ2v) is 5.49. The summed E-state index contributed by atoms with van der Waals surface area (Å²) < 4.78 is 1.64. The molecule has 1 saturated heterocycles. The first-order chi connectivity index (χ1) is 11.0. The van der Waals surface area contributed by atoms with Crippen molar-refractivity contribution in [2.75, 3.05) is 16.8 Å². The molecule has 0 radical (unpaired) electrons. The van der Waals surface area contributed by atoms with E-state index in [1.54, 1.807) is 47.5 Å².